The molecule has 2 saturated heterocycles. The van der Waals surface area contributed by atoms with E-state index in [-0.39, 0.29) is 0 Å². The van der Waals surface area contributed by atoms with Crippen LogP contribution in [0.5, 0.6) is 0 Å². The van der Waals surface area contributed by atoms with Crippen LogP contribution in [0.2, 0.25) is 0 Å². The standard InChI is InChI=1S/C21H25N5O2S/c1-15-22-17-18(23-20(24-19(17)29-15)26-11-13-28-14-12-26)25-9-7-21(27,8-10-25)16-5-3-2-4-6-16/h2-6,27H,7-14H2,1H3. The van der Waals surface area contributed by atoms with Crippen molar-refractivity contribution in [2.45, 2.75) is 25.4 Å². The van der Waals surface area contributed by atoms with Gasteiger partial charge in [0.05, 0.1) is 23.8 Å². The highest BCUT2D eigenvalue weighted by atomic mass is 32.1. The van der Waals surface area contributed by atoms with Crippen LogP contribution in [0.3, 0.4) is 0 Å². The normalized spacial score (nSPS) is 19.7. The summed E-state index contributed by atoms with van der Waals surface area (Å²) in [6.07, 6.45) is 1.33. The maximum atomic E-state index is 11.2. The SMILES string of the molecule is Cc1nc2c(N3CCC(O)(c4ccccc4)CC3)nc(N3CCOCC3)nc2s1. The molecule has 1 N–H and O–H groups in total. The zero-order valence-electron chi connectivity index (χ0n) is 16.5. The first kappa shape index (κ1) is 18.7. The van der Waals surface area contributed by atoms with Crippen LogP contribution >= 0.6 is 11.3 Å². The van der Waals surface area contributed by atoms with Crippen LogP contribution in [0.1, 0.15) is 23.4 Å². The van der Waals surface area contributed by atoms with Gasteiger partial charge in [0.1, 0.15) is 5.52 Å². The van der Waals surface area contributed by atoms with Gasteiger partial charge in [-0.3, -0.25) is 0 Å². The Kier molecular flexibility index (Phi) is 4.85. The van der Waals surface area contributed by atoms with Crippen molar-refractivity contribution in [3.63, 3.8) is 0 Å². The van der Waals surface area contributed by atoms with Gasteiger partial charge in [-0.1, -0.05) is 41.7 Å². The van der Waals surface area contributed by atoms with Crippen LogP contribution in [-0.4, -0.2) is 59.5 Å². The fourth-order valence-electron chi connectivity index (χ4n) is 4.15. The molecule has 0 radical (unpaired) electrons. The second kappa shape index (κ2) is 7.51. The summed E-state index contributed by atoms with van der Waals surface area (Å²) in [4.78, 5) is 19.8. The molecular formula is C21H25N5O2S. The fraction of sp³-hybridized carbons (Fsp3) is 0.476. The summed E-state index contributed by atoms with van der Waals surface area (Å²) in [5, 5.41) is 12.2. The Morgan fingerprint density at radius 2 is 1.69 bits per heavy atom. The number of morpholine rings is 1. The Labute approximate surface area is 174 Å². The first-order valence-corrected chi connectivity index (χ1v) is 10.9. The lowest BCUT2D eigenvalue weighted by Crippen LogP contribution is -2.43. The topological polar surface area (TPSA) is 74.6 Å². The zero-order chi connectivity index (χ0) is 19.8. The number of aryl methyl sites for hydroxylation is 1. The fourth-order valence-corrected chi connectivity index (χ4v) is 4.93. The van der Waals surface area contributed by atoms with Gasteiger partial charge >= 0.3 is 0 Å². The molecular weight excluding hydrogens is 386 g/mol. The van der Waals surface area contributed by atoms with Gasteiger partial charge in [-0.25, -0.2) is 4.98 Å². The van der Waals surface area contributed by atoms with E-state index in [1.165, 1.54) is 0 Å². The molecule has 3 aromatic rings. The summed E-state index contributed by atoms with van der Waals surface area (Å²) in [5.74, 6) is 1.64. The number of anilines is 2. The number of rotatable bonds is 3. The second-order valence-corrected chi connectivity index (χ2v) is 8.90. The van der Waals surface area contributed by atoms with E-state index in [4.69, 9.17) is 19.7 Å². The second-order valence-electron chi connectivity index (χ2n) is 7.72. The lowest BCUT2D eigenvalue weighted by molar-refractivity contribution is 0.0117. The number of aromatic nitrogens is 3. The Morgan fingerprint density at radius 1 is 0.966 bits per heavy atom. The zero-order valence-corrected chi connectivity index (χ0v) is 17.4. The molecule has 0 bridgehead atoms. The maximum absolute atomic E-state index is 11.2. The molecule has 0 amide bonds. The molecule has 2 aromatic heterocycles. The molecule has 1 aromatic carbocycles. The summed E-state index contributed by atoms with van der Waals surface area (Å²) in [5.41, 5.74) is 1.08. The predicted molar refractivity (Wildman–Crippen MR) is 115 cm³/mol. The average Bonchev–Trinajstić information content (AvgIpc) is 3.15. The van der Waals surface area contributed by atoms with E-state index in [1.807, 2.05) is 37.3 Å². The van der Waals surface area contributed by atoms with Gasteiger partial charge in [0, 0.05) is 26.2 Å². The Balaban J connectivity index is 1.45. The van der Waals surface area contributed by atoms with Crippen molar-refractivity contribution >= 4 is 33.5 Å². The van der Waals surface area contributed by atoms with Crippen LogP contribution in [0.4, 0.5) is 11.8 Å². The van der Waals surface area contributed by atoms with Crippen molar-refractivity contribution in [1.82, 2.24) is 15.0 Å². The third-order valence-corrected chi connectivity index (χ3v) is 6.70. The van der Waals surface area contributed by atoms with Crippen LogP contribution in [0.15, 0.2) is 30.3 Å². The van der Waals surface area contributed by atoms with Crippen LogP contribution in [0, 0.1) is 6.92 Å². The molecule has 0 aliphatic carbocycles. The van der Waals surface area contributed by atoms with Crippen molar-refractivity contribution in [2.75, 3.05) is 49.2 Å². The first-order chi connectivity index (χ1) is 14.1. The molecule has 0 atom stereocenters. The highest BCUT2D eigenvalue weighted by Crippen LogP contribution is 2.37. The molecule has 0 spiro atoms. The van der Waals surface area contributed by atoms with Crippen LogP contribution in [-0.2, 0) is 10.3 Å². The summed E-state index contributed by atoms with van der Waals surface area (Å²) >= 11 is 1.61. The number of piperidine rings is 1. The number of ether oxygens (including phenoxy) is 1. The smallest absolute Gasteiger partial charge is 0.228 e. The molecule has 5 rings (SSSR count). The van der Waals surface area contributed by atoms with Gasteiger partial charge in [-0.05, 0) is 25.3 Å². The maximum Gasteiger partial charge on any atom is 0.228 e. The minimum atomic E-state index is -0.783. The molecule has 0 saturated carbocycles. The van der Waals surface area contributed by atoms with E-state index in [0.29, 0.717) is 26.1 Å². The third kappa shape index (κ3) is 3.56. The van der Waals surface area contributed by atoms with E-state index >= 15 is 0 Å². The highest BCUT2D eigenvalue weighted by Gasteiger charge is 2.35. The summed E-state index contributed by atoms with van der Waals surface area (Å²) in [6.45, 7) is 6.48. The molecule has 2 aliphatic rings. The molecule has 4 heterocycles. The van der Waals surface area contributed by atoms with Gasteiger partial charge in [0.25, 0.3) is 0 Å². The number of nitrogens with zero attached hydrogens (tertiary/aromatic N) is 5. The number of hydrogen-bond acceptors (Lipinski definition) is 8. The van der Waals surface area contributed by atoms with E-state index in [1.54, 1.807) is 11.3 Å². The number of thiazole rings is 1. The Morgan fingerprint density at radius 3 is 2.41 bits per heavy atom. The summed E-state index contributed by atoms with van der Waals surface area (Å²) in [6, 6.07) is 9.98. The van der Waals surface area contributed by atoms with Crippen molar-refractivity contribution in [3.05, 3.63) is 40.9 Å². The Bertz CT molecular complexity index is 995. The van der Waals surface area contributed by atoms with E-state index in [2.05, 4.69) is 9.80 Å². The largest absolute Gasteiger partial charge is 0.385 e. The highest BCUT2D eigenvalue weighted by molar-refractivity contribution is 7.18. The van der Waals surface area contributed by atoms with Crippen molar-refractivity contribution in [2.24, 2.45) is 0 Å². The molecule has 7 nitrogen and oxygen atoms in total. The van der Waals surface area contributed by atoms with Crippen LogP contribution in [0.25, 0.3) is 10.3 Å². The molecule has 2 fully saturated rings. The van der Waals surface area contributed by atoms with Gasteiger partial charge in [0.15, 0.2) is 10.6 Å². The summed E-state index contributed by atoms with van der Waals surface area (Å²) in [7, 11) is 0. The summed E-state index contributed by atoms with van der Waals surface area (Å²) < 4.78 is 5.48. The molecule has 152 valence electrons. The first-order valence-electron chi connectivity index (χ1n) is 10.1. The predicted octanol–water partition coefficient (Wildman–Crippen LogP) is 2.72. The van der Waals surface area contributed by atoms with E-state index in [0.717, 1.165) is 58.9 Å². The number of fused-ring (bicyclic) bond motifs is 1. The molecule has 2 aliphatic heterocycles. The lowest BCUT2D eigenvalue weighted by atomic mass is 9.84. The van der Waals surface area contributed by atoms with Gasteiger partial charge in [0.2, 0.25) is 5.95 Å². The minimum absolute atomic E-state index is 0.665. The molecule has 8 heteroatoms. The van der Waals surface area contributed by atoms with Crippen LogP contribution < -0.4 is 9.80 Å². The van der Waals surface area contributed by atoms with E-state index in [9.17, 15) is 5.11 Å². The molecule has 29 heavy (non-hydrogen) atoms. The van der Waals surface area contributed by atoms with Gasteiger partial charge in [-0.15, -0.1) is 0 Å². The van der Waals surface area contributed by atoms with Crippen molar-refractivity contribution in [3.8, 4) is 0 Å². The quantitative estimate of drug-likeness (QED) is 0.710. The van der Waals surface area contributed by atoms with E-state index < -0.39 is 5.60 Å². The van der Waals surface area contributed by atoms with Gasteiger partial charge in [-0.2, -0.15) is 9.97 Å². The third-order valence-electron chi connectivity index (χ3n) is 5.83. The minimum Gasteiger partial charge on any atom is -0.385 e. The van der Waals surface area contributed by atoms with Gasteiger partial charge < -0.3 is 19.6 Å². The van der Waals surface area contributed by atoms with Crippen molar-refractivity contribution in [1.29, 1.82) is 0 Å². The van der Waals surface area contributed by atoms with Crippen molar-refractivity contribution < 1.29 is 9.84 Å². The number of benzene rings is 1. The number of hydrogen-bond donors (Lipinski definition) is 1. The number of aliphatic hydroxyl groups is 1. The molecule has 0 unspecified atom stereocenters. The lowest BCUT2D eigenvalue weighted by Gasteiger charge is -2.39. The Hall–Kier alpha value is -2.29. The average molecular weight is 412 g/mol. The monoisotopic (exact) mass is 411 g/mol.